The molecule has 0 aromatic heterocycles. The SMILES string of the molecule is COc1cc(C=CC(=O)OCCOc2ccccc2)ccc1O. The van der Waals surface area contributed by atoms with E-state index in [-0.39, 0.29) is 19.0 Å². The number of hydrogen-bond acceptors (Lipinski definition) is 5. The molecule has 5 nitrogen and oxygen atoms in total. The molecule has 0 spiro atoms. The Balaban J connectivity index is 1.76. The van der Waals surface area contributed by atoms with E-state index in [9.17, 15) is 9.90 Å². The van der Waals surface area contributed by atoms with Gasteiger partial charge >= 0.3 is 5.97 Å². The third kappa shape index (κ3) is 5.39. The highest BCUT2D eigenvalue weighted by Gasteiger charge is 2.02. The monoisotopic (exact) mass is 314 g/mol. The molecule has 2 rings (SSSR count). The predicted molar refractivity (Wildman–Crippen MR) is 86.6 cm³/mol. The molecule has 120 valence electrons. The van der Waals surface area contributed by atoms with Crippen LogP contribution in [0.4, 0.5) is 0 Å². The second-order valence-corrected chi connectivity index (χ2v) is 4.59. The van der Waals surface area contributed by atoms with E-state index in [1.807, 2.05) is 30.3 Å². The molecule has 0 fully saturated rings. The lowest BCUT2D eigenvalue weighted by molar-refractivity contribution is -0.138. The third-order valence-corrected chi connectivity index (χ3v) is 2.96. The Morgan fingerprint density at radius 2 is 1.91 bits per heavy atom. The summed E-state index contributed by atoms with van der Waals surface area (Å²) >= 11 is 0. The summed E-state index contributed by atoms with van der Waals surface area (Å²) < 4.78 is 15.4. The van der Waals surface area contributed by atoms with Crippen molar-refractivity contribution in [2.45, 2.75) is 0 Å². The molecule has 2 aromatic carbocycles. The molecule has 0 radical (unpaired) electrons. The van der Waals surface area contributed by atoms with Crippen molar-refractivity contribution >= 4 is 12.0 Å². The largest absolute Gasteiger partial charge is 0.504 e. The van der Waals surface area contributed by atoms with Gasteiger partial charge in [0, 0.05) is 6.08 Å². The van der Waals surface area contributed by atoms with Crippen LogP contribution >= 0.6 is 0 Å². The van der Waals surface area contributed by atoms with Crippen molar-refractivity contribution in [2.24, 2.45) is 0 Å². The molecule has 0 aliphatic carbocycles. The van der Waals surface area contributed by atoms with E-state index in [4.69, 9.17) is 14.2 Å². The van der Waals surface area contributed by atoms with Gasteiger partial charge in [0.2, 0.25) is 0 Å². The highest BCUT2D eigenvalue weighted by Crippen LogP contribution is 2.26. The van der Waals surface area contributed by atoms with Crippen molar-refractivity contribution in [1.82, 2.24) is 0 Å². The average molecular weight is 314 g/mol. The van der Waals surface area contributed by atoms with E-state index in [2.05, 4.69) is 0 Å². The van der Waals surface area contributed by atoms with Crippen LogP contribution in [-0.4, -0.2) is 31.4 Å². The maximum absolute atomic E-state index is 11.6. The van der Waals surface area contributed by atoms with Gasteiger partial charge in [0.05, 0.1) is 7.11 Å². The van der Waals surface area contributed by atoms with Gasteiger partial charge in [-0.05, 0) is 35.9 Å². The van der Waals surface area contributed by atoms with Gasteiger partial charge < -0.3 is 19.3 Å². The summed E-state index contributed by atoms with van der Waals surface area (Å²) in [6, 6.07) is 14.1. The number of carbonyl (C=O) groups is 1. The van der Waals surface area contributed by atoms with Crippen molar-refractivity contribution in [3.05, 3.63) is 60.2 Å². The van der Waals surface area contributed by atoms with E-state index in [1.165, 1.54) is 19.3 Å². The van der Waals surface area contributed by atoms with Crippen LogP contribution in [0.2, 0.25) is 0 Å². The Bertz CT molecular complexity index is 664. The number of hydrogen-bond donors (Lipinski definition) is 1. The van der Waals surface area contributed by atoms with Crippen LogP contribution in [0.3, 0.4) is 0 Å². The molecular weight excluding hydrogens is 296 g/mol. The zero-order valence-corrected chi connectivity index (χ0v) is 12.8. The molecule has 0 saturated heterocycles. The zero-order chi connectivity index (χ0) is 16.5. The van der Waals surface area contributed by atoms with E-state index < -0.39 is 5.97 Å². The fourth-order valence-corrected chi connectivity index (χ4v) is 1.83. The molecule has 0 saturated carbocycles. The smallest absolute Gasteiger partial charge is 0.330 e. The number of rotatable bonds is 7. The summed E-state index contributed by atoms with van der Waals surface area (Å²) in [7, 11) is 1.46. The fraction of sp³-hybridized carbons (Fsp3) is 0.167. The molecular formula is C18H18O5. The Hall–Kier alpha value is -2.95. The van der Waals surface area contributed by atoms with Crippen LogP contribution < -0.4 is 9.47 Å². The lowest BCUT2D eigenvalue weighted by Gasteiger charge is -2.06. The molecule has 2 aromatic rings. The van der Waals surface area contributed by atoms with Crippen LogP contribution in [0, 0.1) is 0 Å². The predicted octanol–water partition coefficient (Wildman–Crippen LogP) is 3.04. The van der Waals surface area contributed by atoms with Gasteiger partial charge in [0.15, 0.2) is 11.5 Å². The first-order valence-electron chi connectivity index (χ1n) is 7.09. The highest BCUT2D eigenvalue weighted by molar-refractivity contribution is 5.87. The minimum absolute atomic E-state index is 0.0466. The van der Waals surface area contributed by atoms with E-state index in [0.717, 1.165) is 11.3 Å². The average Bonchev–Trinajstić information content (AvgIpc) is 2.59. The first-order chi connectivity index (χ1) is 11.2. The molecule has 0 atom stereocenters. The first-order valence-corrected chi connectivity index (χ1v) is 7.09. The summed E-state index contributed by atoms with van der Waals surface area (Å²) in [6.45, 7) is 0.452. The normalized spacial score (nSPS) is 10.5. The lowest BCUT2D eigenvalue weighted by Crippen LogP contribution is -2.10. The van der Waals surface area contributed by atoms with Gasteiger partial charge in [-0.15, -0.1) is 0 Å². The number of ether oxygens (including phenoxy) is 3. The molecule has 0 aliphatic heterocycles. The van der Waals surface area contributed by atoms with Crippen molar-refractivity contribution in [3.8, 4) is 17.2 Å². The van der Waals surface area contributed by atoms with Gasteiger partial charge in [-0.2, -0.15) is 0 Å². The van der Waals surface area contributed by atoms with Gasteiger partial charge in [0.25, 0.3) is 0 Å². The Morgan fingerprint density at radius 1 is 1.13 bits per heavy atom. The minimum Gasteiger partial charge on any atom is -0.504 e. The number of esters is 1. The third-order valence-electron chi connectivity index (χ3n) is 2.96. The van der Waals surface area contributed by atoms with E-state index in [1.54, 1.807) is 18.2 Å². The van der Waals surface area contributed by atoms with Crippen LogP contribution in [0.25, 0.3) is 6.08 Å². The number of methoxy groups -OCH3 is 1. The molecule has 0 aliphatic rings. The van der Waals surface area contributed by atoms with Crippen LogP contribution in [0.15, 0.2) is 54.6 Å². The molecule has 5 heteroatoms. The topological polar surface area (TPSA) is 65.0 Å². The summed E-state index contributed by atoms with van der Waals surface area (Å²) in [5.74, 6) is 0.658. The van der Waals surface area contributed by atoms with Crippen LogP contribution in [0.5, 0.6) is 17.2 Å². The van der Waals surface area contributed by atoms with Gasteiger partial charge in [-0.1, -0.05) is 24.3 Å². The van der Waals surface area contributed by atoms with Gasteiger partial charge in [-0.25, -0.2) is 4.79 Å². The van der Waals surface area contributed by atoms with E-state index in [0.29, 0.717) is 5.75 Å². The maximum Gasteiger partial charge on any atom is 0.330 e. The molecule has 0 unspecified atom stereocenters. The number of phenolic OH excluding ortho intramolecular Hbond substituents is 1. The molecule has 0 amide bonds. The Morgan fingerprint density at radius 3 is 2.65 bits per heavy atom. The number of phenols is 1. The van der Waals surface area contributed by atoms with Crippen molar-refractivity contribution in [3.63, 3.8) is 0 Å². The fourth-order valence-electron chi connectivity index (χ4n) is 1.83. The second kappa shape index (κ2) is 8.48. The lowest BCUT2D eigenvalue weighted by atomic mass is 10.2. The quantitative estimate of drug-likeness (QED) is 0.483. The number of para-hydroxylation sites is 1. The van der Waals surface area contributed by atoms with Crippen molar-refractivity contribution < 1.29 is 24.1 Å². The van der Waals surface area contributed by atoms with Crippen molar-refractivity contribution in [1.29, 1.82) is 0 Å². The van der Waals surface area contributed by atoms with Gasteiger partial charge in [-0.3, -0.25) is 0 Å². The minimum atomic E-state index is -0.464. The summed E-state index contributed by atoms with van der Waals surface area (Å²) in [4.78, 5) is 11.6. The Labute approximate surface area is 134 Å². The highest BCUT2D eigenvalue weighted by atomic mass is 16.6. The van der Waals surface area contributed by atoms with Crippen LogP contribution in [0.1, 0.15) is 5.56 Å². The Kier molecular flexibility index (Phi) is 6.06. The summed E-state index contributed by atoms with van der Waals surface area (Å²) in [6.07, 6.45) is 2.90. The molecule has 0 heterocycles. The summed E-state index contributed by atoms with van der Waals surface area (Å²) in [5.41, 5.74) is 0.720. The van der Waals surface area contributed by atoms with Crippen molar-refractivity contribution in [2.75, 3.05) is 20.3 Å². The zero-order valence-electron chi connectivity index (χ0n) is 12.8. The maximum atomic E-state index is 11.6. The molecule has 1 N–H and O–H groups in total. The molecule has 0 bridgehead atoms. The first kappa shape index (κ1) is 16.4. The standard InChI is InChI=1S/C18H18O5/c1-21-17-13-14(7-9-16(17)19)8-10-18(20)23-12-11-22-15-5-3-2-4-6-15/h2-10,13,19H,11-12H2,1H3. The number of carbonyl (C=O) groups excluding carboxylic acids is 1. The molecule has 23 heavy (non-hydrogen) atoms. The number of aromatic hydroxyl groups is 1. The van der Waals surface area contributed by atoms with E-state index >= 15 is 0 Å². The summed E-state index contributed by atoms with van der Waals surface area (Å²) in [5, 5.41) is 9.50. The second-order valence-electron chi connectivity index (χ2n) is 4.59. The van der Waals surface area contributed by atoms with Crippen LogP contribution in [-0.2, 0) is 9.53 Å². The number of benzene rings is 2. The van der Waals surface area contributed by atoms with Gasteiger partial charge in [0.1, 0.15) is 19.0 Å².